The lowest BCUT2D eigenvalue weighted by Crippen LogP contribution is -2.28. The van der Waals surface area contributed by atoms with Crippen LogP contribution in [0.3, 0.4) is 0 Å². The molecule has 7 heteroatoms. The highest BCUT2D eigenvalue weighted by Crippen LogP contribution is 2.30. The summed E-state index contributed by atoms with van der Waals surface area (Å²) in [6, 6.07) is 7.52. The molecule has 130 valence electrons. The van der Waals surface area contributed by atoms with Crippen molar-refractivity contribution in [1.82, 2.24) is 15.1 Å². The van der Waals surface area contributed by atoms with E-state index in [1.54, 1.807) is 4.68 Å². The quantitative estimate of drug-likeness (QED) is 0.867. The molecular weight excluding hydrogens is 328 g/mol. The first-order valence-electron chi connectivity index (χ1n) is 7.91. The number of carbonyl (C=O) groups is 1. The van der Waals surface area contributed by atoms with E-state index in [9.17, 15) is 4.79 Å². The van der Waals surface area contributed by atoms with Gasteiger partial charge < -0.3 is 15.4 Å². The minimum atomic E-state index is -0.117. The van der Waals surface area contributed by atoms with E-state index < -0.39 is 0 Å². The topological polar surface area (TPSA) is 68.2 Å². The zero-order valence-electron chi connectivity index (χ0n) is 13.9. The Morgan fingerprint density at radius 3 is 2.92 bits per heavy atom. The molecule has 2 heterocycles. The van der Waals surface area contributed by atoms with Gasteiger partial charge in [-0.2, -0.15) is 5.10 Å². The molecule has 1 amide bonds. The van der Waals surface area contributed by atoms with E-state index in [1.165, 1.54) is 0 Å². The van der Waals surface area contributed by atoms with E-state index in [1.807, 2.05) is 50.6 Å². The van der Waals surface area contributed by atoms with Crippen LogP contribution in [0.1, 0.15) is 18.4 Å². The van der Waals surface area contributed by atoms with E-state index in [2.05, 4.69) is 15.7 Å². The number of anilines is 1. The summed E-state index contributed by atoms with van der Waals surface area (Å²) in [6.45, 7) is 3.95. The molecule has 0 spiro atoms. The highest BCUT2D eigenvalue weighted by molar-refractivity contribution is 5.95. The number of nitrogens with one attached hydrogen (secondary N) is 2. The largest absolute Gasteiger partial charge is 0.492 e. The first kappa shape index (κ1) is 18.3. The van der Waals surface area contributed by atoms with Crippen LogP contribution in [0.4, 0.5) is 5.69 Å². The number of hydrogen-bond donors (Lipinski definition) is 2. The lowest BCUT2D eigenvalue weighted by Gasteiger charge is -2.18. The van der Waals surface area contributed by atoms with Crippen molar-refractivity contribution in [2.75, 3.05) is 25.0 Å². The minimum absolute atomic E-state index is 0. The van der Waals surface area contributed by atoms with Crippen LogP contribution in [0.2, 0.25) is 0 Å². The molecule has 3 rings (SSSR count). The number of para-hydroxylation sites is 2. The molecule has 24 heavy (non-hydrogen) atoms. The molecular formula is C17H23ClN4O2. The molecule has 2 aromatic rings. The standard InChI is InChI=1S/C17H22N4O2.ClH/c1-3-23-16-7-5-4-6-15(16)20-17(22)14-10-18-9-13(14)12-8-19-21(2)11-12;/h4-8,11,13-14,18H,3,9-10H2,1-2H3,(H,20,22);1H/t13-,14+;/m1./s1. The van der Waals surface area contributed by atoms with Crippen LogP contribution in [0.15, 0.2) is 36.7 Å². The number of aryl methyl sites for hydroxylation is 1. The third kappa shape index (κ3) is 3.88. The molecule has 1 aromatic heterocycles. The van der Waals surface area contributed by atoms with Crippen LogP contribution in [0.5, 0.6) is 5.75 Å². The average Bonchev–Trinajstić information content (AvgIpc) is 3.18. The first-order valence-corrected chi connectivity index (χ1v) is 7.91. The Kier molecular flexibility index (Phi) is 6.23. The van der Waals surface area contributed by atoms with Crippen molar-refractivity contribution in [2.45, 2.75) is 12.8 Å². The van der Waals surface area contributed by atoms with Crippen LogP contribution in [0.25, 0.3) is 0 Å². The van der Waals surface area contributed by atoms with Gasteiger partial charge in [-0.1, -0.05) is 12.1 Å². The van der Waals surface area contributed by atoms with E-state index in [0.717, 1.165) is 17.8 Å². The van der Waals surface area contributed by atoms with E-state index >= 15 is 0 Å². The minimum Gasteiger partial charge on any atom is -0.492 e. The summed E-state index contributed by atoms with van der Waals surface area (Å²) in [5.41, 5.74) is 1.81. The van der Waals surface area contributed by atoms with Crippen LogP contribution < -0.4 is 15.4 Å². The van der Waals surface area contributed by atoms with Crippen molar-refractivity contribution in [2.24, 2.45) is 13.0 Å². The maximum Gasteiger partial charge on any atom is 0.229 e. The fourth-order valence-electron chi connectivity index (χ4n) is 3.01. The molecule has 6 nitrogen and oxygen atoms in total. The SMILES string of the molecule is CCOc1ccccc1NC(=O)[C@H]1CNC[C@@H]1c1cnn(C)c1.Cl. The number of halogens is 1. The Balaban J connectivity index is 0.00000208. The highest BCUT2D eigenvalue weighted by atomic mass is 35.5. The predicted molar refractivity (Wildman–Crippen MR) is 95.8 cm³/mol. The molecule has 1 fully saturated rings. The second-order valence-electron chi connectivity index (χ2n) is 5.74. The summed E-state index contributed by atoms with van der Waals surface area (Å²) in [5, 5.41) is 10.5. The van der Waals surface area contributed by atoms with Gasteiger partial charge in [-0.3, -0.25) is 9.48 Å². The molecule has 1 saturated heterocycles. The summed E-state index contributed by atoms with van der Waals surface area (Å²) in [5.74, 6) is 0.736. The number of hydrogen-bond acceptors (Lipinski definition) is 4. The Labute approximate surface area is 148 Å². The maximum atomic E-state index is 12.7. The molecule has 0 unspecified atom stereocenters. The number of rotatable bonds is 5. The Morgan fingerprint density at radius 2 is 2.21 bits per heavy atom. The summed E-state index contributed by atoms with van der Waals surface area (Å²) < 4.78 is 7.34. The molecule has 0 saturated carbocycles. The van der Waals surface area contributed by atoms with Gasteiger partial charge in [0.1, 0.15) is 5.75 Å². The molecule has 2 N–H and O–H groups in total. The lowest BCUT2D eigenvalue weighted by molar-refractivity contribution is -0.119. The van der Waals surface area contributed by atoms with Crippen LogP contribution >= 0.6 is 12.4 Å². The summed E-state index contributed by atoms with van der Waals surface area (Å²) in [4.78, 5) is 12.7. The van der Waals surface area contributed by atoms with Gasteiger partial charge in [0, 0.05) is 32.3 Å². The molecule has 1 aliphatic rings. The van der Waals surface area contributed by atoms with Crippen LogP contribution in [-0.2, 0) is 11.8 Å². The molecule has 2 atom stereocenters. The van der Waals surface area contributed by atoms with Gasteiger partial charge in [0.25, 0.3) is 0 Å². The van der Waals surface area contributed by atoms with Gasteiger partial charge in [0.2, 0.25) is 5.91 Å². The third-order valence-electron chi connectivity index (χ3n) is 4.15. The number of aromatic nitrogens is 2. The van der Waals surface area contributed by atoms with E-state index in [-0.39, 0.29) is 30.2 Å². The zero-order valence-corrected chi connectivity index (χ0v) is 14.7. The molecule has 1 aromatic carbocycles. The van der Waals surface area contributed by atoms with Gasteiger partial charge in [-0.25, -0.2) is 0 Å². The number of benzene rings is 1. The Hall–Kier alpha value is -2.05. The zero-order chi connectivity index (χ0) is 16.2. The predicted octanol–water partition coefficient (Wildman–Crippen LogP) is 2.18. The fourth-order valence-corrected chi connectivity index (χ4v) is 3.01. The molecule has 1 aliphatic heterocycles. The van der Waals surface area contributed by atoms with Crippen molar-refractivity contribution in [3.05, 3.63) is 42.2 Å². The molecule has 0 radical (unpaired) electrons. The Morgan fingerprint density at radius 1 is 1.42 bits per heavy atom. The van der Waals surface area contributed by atoms with Crippen molar-refractivity contribution in [3.63, 3.8) is 0 Å². The molecule has 0 bridgehead atoms. The lowest BCUT2D eigenvalue weighted by atomic mass is 9.90. The number of amides is 1. The number of carbonyl (C=O) groups excluding carboxylic acids is 1. The second kappa shape index (κ2) is 8.17. The van der Waals surface area contributed by atoms with Crippen molar-refractivity contribution < 1.29 is 9.53 Å². The number of nitrogens with zero attached hydrogens (tertiary/aromatic N) is 2. The molecule has 0 aliphatic carbocycles. The summed E-state index contributed by atoms with van der Waals surface area (Å²) in [7, 11) is 1.89. The van der Waals surface area contributed by atoms with Gasteiger partial charge in [0.05, 0.1) is 24.4 Å². The van der Waals surface area contributed by atoms with E-state index in [0.29, 0.717) is 18.9 Å². The summed E-state index contributed by atoms with van der Waals surface area (Å²) >= 11 is 0. The third-order valence-corrected chi connectivity index (χ3v) is 4.15. The van der Waals surface area contributed by atoms with Crippen molar-refractivity contribution >= 4 is 24.0 Å². The van der Waals surface area contributed by atoms with Gasteiger partial charge in [-0.15, -0.1) is 12.4 Å². The maximum absolute atomic E-state index is 12.7. The first-order chi connectivity index (χ1) is 11.2. The Bertz CT molecular complexity index is 689. The second-order valence-corrected chi connectivity index (χ2v) is 5.74. The monoisotopic (exact) mass is 350 g/mol. The number of ether oxygens (including phenoxy) is 1. The van der Waals surface area contributed by atoms with Crippen LogP contribution in [0, 0.1) is 5.92 Å². The van der Waals surface area contributed by atoms with Gasteiger partial charge in [0.15, 0.2) is 0 Å². The van der Waals surface area contributed by atoms with E-state index in [4.69, 9.17) is 4.74 Å². The normalized spacial score (nSPS) is 19.6. The van der Waals surface area contributed by atoms with Gasteiger partial charge in [-0.05, 0) is 24.6 Å². The van der Waals surface area contributed by atoms with Crippen molar-refractivity contribution in [1.29, 1.82) is 0 Å². The highest BCUT2D eigenvalue weighted by Gasteiger charge is 2.34. The fraction of sp³-hybridized carbons (Fsp3) is 0.412. The average molecular weight is 351 g/mol. The summed E-state index contributed by atoms with van der Waals surface area (Å²) in [6.07, 6.45) is 3.82. The smallest absolute Gasteiger partial charge is 0.229 e. The van der Waals surface area contributed by atoms with Gasteiger partial charge >= 0.3 is 0 Å². The van der Waals surface area contributed by atoms with Crippen LogP contribution in [-0.4, -0.2) is 35.4 Å². The van der Waals surface area contributed by atoms with Crippen molar-refractivity contribution in [3.8, 4) is 5.75 Å².